The number of para-hydroxylation sites is 2. The molecular formula is C43H54ClN3O4. The highest BCUT2D eigenvalue weighted by Crippen LogP contribution is 2.42. The number of pyridine rings is 1. The number of rotatable bonds is 19. The Morgan fingerprint density at radius 3 is 2.22 bits per heavy atom. The average Bonchev–Trinajstić information content (AvgIpc) is 3.76. The Bertz CT molecular complexity index is 1900. The lowest BCUT2D eigenvalue weighted by Gasteiger charge is -2.18. The number of benzene rings is 3. The minimum atomic E-state index is 0. The van der Waals surface area contributed by atoms with Crippen LogP contribution >= 0.6 is 0 Å². The molecule has 0 unspecified atom stereocenters. The fourth-order valence-electron chi connectivity index (χ4n) is 7.79. The molecule has 0 amide bonds. The Labute approximate surface area is 309 Å². The highest BCUT2D eigenvalue weighted by atomic mass is 35.5. The number of hydrogen-bond acceptors (Lipinski definition) is 5. The van der Waals surface area contributed by atoms with E-state index in [0.29, 0.717) is 6.61 Å². The lowest BCUT2D eigenvalue weighted by Crippen LogP contribution is -3.00. The predicted octanol–water partition coefficient (Wildman–Crippen LogP) is 7.50. The van der Waals surface area contributed by atoms with Crippen molar-refractivity contribution >= 4 is 21.8 Å². The van der Waals surface area contributed by atoms with E-state index < -0.39 is 0 Å². The van der Waals surface area contributed by atoms with E-state index in [1.54, 1.807) is 7.11 Å². The second-order valence-electron chi connectivity index (χ2n) is 14.1. The zero-order valence-electron chi connectivity index (χ0n) is 30.6. The maximum absolute atomic E-state index is 6.68. The molecule has 0 fully saturated rings. The third-order valence-corrected chi connectivity index (χ3v) is 10.6. The molecule has 0 bridgehead atoms. The standard InChI is InChI=1S/C43H54N3O4.ClH/c1-3-4-5-6-7-8-9-10-11-12-13-14-15-18-24-46-37-20-17-16-19-36(37)44-42(46)30-48-43-35-29-45-25-23-33-27-40-41(50-31-49-40)28-34(33)38(45)26-32(35)21-22-39(43)47-2;/h16-17,19-22,26-29H,3-15,18,23-25,30-31H2,1-2H3;1H/q+1;/p-1. The van der Waals surface area contributed by atoms with Crippen molar-refractivity contribution in [2.45, 2.75) is 123 Å². The Morgan fingerprint density at radius 2 is 1.49 bits per heavy atom. The van der Waals surface area contributed by atoms with Gasteiger partial charge in [0.25, 0.3) is 0 Å². The third-order valence-electron chi connectivity index (χ3n) is 10.6. The van der Waals surface area contributed by atoms with Crippen LogP contribution in [0.5, 0.6) is 23.0 Å². The van der Waals surface area contributed by atoms with Crippen LogP contribution in [0.3, 0.4) is 0 Å². The second kappa shape index (κ2) is 18.0. The van der Waals surface area contributed by atoms with Crippen molar-refractivity contribution in [2.24, 2.45) is 0 Å². The van der Waals surface area contributed by atoms with Crippen LogP contribution in [0.4, 0.5) is 0 Å². The molecule has 0 saturated heterocycles. The van der Waals surface area contributed by atoms with E-state index in [1.165, 1.54) is 106 Å². The summed E-state index contributed by atoms with van der Waals surface area (Å²) in [7, 11) is 1.71. The van der Waals surface area contributed by atoms with Crippen LogP contribution in [0.2, 0.25) is 0 Å². The Morgan fingerprint density at radius 1 is 0.804 bits per heavy atom. The van der Waals surface area contributed by atoms with Gasteiger partial charge in [0.1, 0.15) is 12.4 Å². The maximum atomic E-state index is 6.68. The molecule has 0 saturated carbocycles. The molecule has 7 rings (SSSR count). The minimum absolute atomic E-state index is 0. The zero-order valence-corrected chi connectivity index (χ0v) is 31.3. The van der Waals surface area contributed by atoms with Gasteiger partial charge < -0.3 is 35.9 Å². The van der Waals surface area contributed by atoms with E-state index in [2.05, 4.69) is 70.8 Å². The van der Waals surface area contributed by atoms with Crippen LogP contribution in [0.25, 0.3) is 33.1 Å². The quantitative estimate of drug-likeness (QED) is 0.0656. The Balaban J connectivity index is 0.00000448. The molecule has 2 aromatic heterocycles. The van der Waals surface area contributed by atoms with Gasteiger partial charge >= 0.3 is 0 Å². The number of unbranched alkanes of at least 4 members (excludes halogenated alkanes) is 13. The Kier molecular flexibility index (Phi) is 13.0. The van der Waals surface area contributed by atoms with Crippen molar-refractivity contribution < 1.29 is 35.9 Å². The predicted molar refractivity (Wildman–Crippen MR) is 200 cm³/mol. The summed E-state index contributed by atoms with van der Waals surface area (Å²) < 4.78 is 28.6. The van der Waals surface area contributed by atoms with E-state index in [9.17, 15) is 0 Å². The zero-order chi connectivity index (χ0) is 34.1. The maximum Gasteiger partial charge on any atom is 0.231 e. The summed E-state index contributed by atoms with van der Waals surface area (Å²) in [6.07, 6.45) is 22.2. The van der Waals surface area contributed by atoms with Gasteiger partial charge in [-0.3, -0.25) is 0 Å². The molecule has 51 heavy (non-hydrogen) atoms. The number of halogens is 1. The summed E-state index contributed by atoms with van der Waals surface area (Å²) in [6.45, 7) is 4.77. The fraction of sp³-hybridized carbons (Fsp3) is 0.488. The van der Waals surface area contributed by atoms with Gasteiger partial charge in [0.15, 0.2) is 35.7 Å². The number of nitrogens with zero attached hydrogens (tertiary/aromatic N) is 3. The smallest absolute Gasteiger partial charge is 0.231 e. The number of imidazole rings is 1. The normalized spacial score (nSPS) is 12.9. The summed E-state index contributed by atoms with van der Waals surface area (Å²) in [5, 5.41) is 2.14. The first kappa shape index (κ1) is 36.8. The second-order valence-corrected chi connectivity index (χ2v) is 14.1. The van der Waals surface area contributed by atoms with E-state index in [1.807, 2.05) is 6.07 Å². The highest BCUT2D eigenvalue weighted by Gasteiger charge is 2.29. The number of hydrogen-bond donors (Lipinski definition) is 0. The number of aromatic nitrogens is 3. The molecule has 4 heterocycles. The first-order valence-corrected chi connectivity index (χ1v) is 19.3. The monoisotopic (exact) mass is 711 g/mol. The minimum Gasteiger partial charge on any atom is -1.00 e. The fourth-order valence-corrected chi connectivity index (χ4v) is 7.79. The summed E-state index contributed by atoms with van der Waals surface area (Å²) >= 11 is 0. The summed E-state index contributed by atoms with van der Waals surface area (Å²) in [5.41, 5.74) is 5.85. The molecular weight excluding hydrogens is 658 g/mol. The number of fused-ring (bicyclic) bond motifs is 6. The van der Waals surface area contributed by atoms with Gasteiger partial charge in [0.05, 0.1) is 29.1 Å². The number of ether oxygens (including phenoxy) is 4. The van der Waals surface area contributed by atoms with Crippen molar-refractivity contribution in [3.05, 3.63) is 72.2 Å². The van der Waals surface area contributed by atoms with Crippen LogP contribution in [0.1, 0.15) is 108 Å². The molecule has 5 aromatic rings. The first-order chi connectivity index (χ1) is 24.7. The van der Waals surface area contributed by atoms with Gasteiger partial charge in [-0.2, -0.15) is 4.57 Å². The van der Waals surface area contributed by atoms with Crippen LogP contribution in [0, 0.1) is 0 Å². The van der Waals surface area contributed by atoms with Crippen molar-refractivity contribution in [1.29, 1.82) is 0 Å². The van der Waals surface area contributed by atoms with Crippen LogP contribution in [-0.4, -0.2) is 23.5 Å². The number of aryl methyl sites for hydroxylation is 3. The molecule has 0 atom stereocenters. The topological polar surface area (TPSA) is 58.6 Å². The van der Waals surface area contributed by atoms with Crippen molar-refractivity contribution in [2.75, 3.05) is 13.9 Å². The molecule has 0 aliphatic carbocycles. The third kappa shape index (κ3) is 8.57. The lowest BCUT2D eigenvalue weighted by molar-refractivity contribution is -0.686. The van der Waals surface area contributed by atoms with E-state index in [0.717, 1.165) is 71.0 Å². The van der Waals surface area contributed by atoms with Gasteiger partial charge in [-0.05, 0) is 53.8 Å². The molecule has 8 heteroatoms. The van der Waals surface area contributed by atoms with E-state index in [4.69, 9.17) is 23.9 Å². The molecule has 0 radical (unpaired) electrons. The van der Waals surface area contributed by atoms with Crippen LogP contribution < -0.4 is 35.9 Å². The molecule has 0 N–H and O–H groups in total. The van der Waals surface area contributed by atoms with Gasteiger partial charge in [-0.1, -0.05) is 103 Å². The molecule has 272 valence electrons. The summed E-state index contributed by atoms with van der Waals surface area (Å²) in [6, 6.07) is 19.1. The molecule has 0 spiro atoms. The summed E-state index contributed by atoms with van der Waals surface area (Å²) in [4.78, 5) is 5.04. The summed E-state index contributed by atoms with van der Waals surface area (Å²) in [5.74, 6) is 4.09. The molecule has 3 aromatic carbocycles. The SMILES string of the molecule is CCCCCCCCCCCCCCCCn1c(COc2c(OC)ccc3cc4[n+](cc23)CCc2cc3c(cc2-4)OCO3)nc2ccccc21.[Cl-]. The first-order valence-electron chi connectivity index (χ1n) is 19.3. The van der Waals surface area contributed by atoms with Crippen molar-refractivity contribution in [1.82, 2.24) is 9.55 Å². The molecule has 2 aliphatic rings. The van der Waals surface area contributed by atoms with Gasteiger partial charge in [0.2, 0.25) is 12.5 Å². The van der Waals surface area contributed by atoms with Gasteiger partial charge in [-0.25, -0.2) is 4.98 Å². The van der Waals surface area contributed by atoms with E-state index in [-0.39, 0.29) is 19.2 Å². The lowest BCUT2D eigenvalue weighted by atomic mass is 9.95. The van der Waals surface area contributed by atoms with Crippen LogP contribution in [-0.2, 0) is 26.1 Å². The highest BCUT2D eigenvalue weighted by molar-refractivity contribution is 5.91. The van der Waals surface area contributed by atoms with Crippen molar-refractivity contribution in [3.63, 3.8) is 0 Å². The van der Waals surface area contributed by atoms with Crippen LogP contribution in [0.15, 0.2) is 60.8 Å². The molecule has 2 aliphatic heterocycles. The number of methoxy groups -OCH3 is 1. The van der Waals surface area contributed by atoms with Gasteiger partial charge in [0, 0.05) is 19.0 Å². The van der Waals surface area contributed by atoms with Gasteiger partial charge in [-0.15, -0.1) is 0 Å². The average molecular weight is 712 g/mol. The van der Waals surface area contributed by atoms with E-state index >= 15 is 0 Å². The molecule has 7 nitrogen and oxygen atoms in total. The Hall–Kier alpha value is -3.97. The largest absolute Gasteiger partial charge is 1.00 e. The van der Waals surface area contributed by atoms with Crippen molar-refractivity contribution in [3.8, 4) is 34.3 Å².